The molecule has 3 aromatic rings. The molecule has 1 aromatic carbocycles. The average molecular weight is 789 g/mol. The SMILES string of the molecule is C=CC1CC1(NC(=O)[C@@H]1C[C@@H]2CN1C(=O)[C@H](C1CCCC1)NC(=O)OCC(C)(C)CCCc1cc3c(cc(OCc4cscn4)nc3cc1OC)O2)C(=O)NC. The lowest BCUT2D eigenvalue weighted by atomic mass is 9.87. The number of likely N-dealkylation sites (N-methyl/N-ethyl adjacent to an activating group) is 1. The monoisotopic (exact) mass is 788 g/mol. The summed E-state index contributed by atoms with van der Waals surface area (Å²) in [5.41, 5.74) is 2.55. The molecule has 4 bridgehead atoms. The normalized spacial score (nSPS) is 26.7. The fourth-order valence-corrected chi connectivity index (χ4v) is 9.03. The number of alkyl carbamates (subject to hydrolysis) is 1. The minimum Gasteiger partial charge on any atom is -0.496 e. The molecule has 1 saturated heterocycles. The number of carbonyl (C=O) groups excluding carboxylic acids is 4. The van der Waals surface area contributed by atoms with Gasteiger partial charge >= 0.3 is 6.09 Å². The second-order valence-electron chi connectivity index (χ2n) is 16.2. The number of fused-ring (bicyclic) bond motifs is 3. The maximum atomic E-state index is 14.8. The largest absolute Gasteiger partial charge is 0.496 e. The molecule has 56 heavy (non-hydrogen) atoms. The number of carbonyl (C=O) groups is 4. The summed E-state index contributed by atoms with van der Waals surface area (Å²) in [6.45, 7) is 8.38. The molecule has 3 fully saturated rings. The van der Waals surface area contributed by atoms with Crippen molar-refractivity contribution < 1.29 is 38.1 Å². The summed E-state index contributed by atoms with van der Waals surface area (Å²) in [6.07, 6.45) is 6.50. The number of hydrogen-bond donors (Lipinski definition) is 3. The third-order valence-electron chi connectivity index (χ3n) is 11.7. The van der Waals surface area contributed by atoms with Crippen LogP contribution in [0.3, 0.4) is 0 Å². The Hall–Kier alpha value is -4.92. The van der Waals surface area contributed by atoms with Crippen LogP contribution in [0.5, 0.6) is 17.4 Å². The van der Waals surface area contributed by atoms with Gasteiger partial charge in [-0.15, -0.1) is 17.9 Å². The van der Waals surface area contributed by atoms with Gasteiger partial charge in [0.05, 0.1) is 37.0 Å². The minimum absolute atomic E-state index is 0.0591. The summed E-state index contributed by atoms with van der Waals surface area (Å²) in [7, 11) is 3.15. The van der Waals surface area contributed by atoms with Gasteiger partial charge in [-0.1, -0.05) is 32.8 Å². The summed E-state index contributed by atoms with van der Waals surface area (Å²) in [5, 5.41) is 11.2. The van der Waals surface area contributed by atoms with E-state index in [1.54, 1.807) is 24.8 Å². The van der Waals surface area contributed by atoms with Gasteiger partial charge in [-0.2, -0.15) is 0 Å². The number of thiazole rings is 1. The van der Waals surface area contributed by atoms with E-state index in [1.165, 1.54) is 23.3 Å². The number of cyclic esters (lactones) is 1. The lowest BCUT2D eigenvalue weighted by Crippen LogP contribution is -2.58. The number of aryl methyl sites for hydroxylation is 1. The van der Waals surface area contributed by atoms with Crippen LogP contribution in [0.4, 0.5) is 4.79 Å². The molecule has 5 atom stereocenters. The smallest absolute Gasteiger partial charge is 0.407 e. The van der Waals surface area contributed by atoms with Gasteiger partial charge < -0.3 is 39.8 Å². The number of benzene rings is 1. The molecule has 4 amide bonds. The van der Waals surface area contributed by atoms with Gasteiger partial charge in [-0.3, -0.25) is 14.4 Å². The van der Waals surface area contributed by atoms with E-state index >= 15 is 0 Å². The van der Waals surface area contributed by atoms with Gasteiger partial charge in [0.25, 0.3) is 0 Å². The third kappa shape index (κ3) is 8.28. The standard InChI is InChI=1S/C41H52N6O8S/c1-6-26-18-41(26,38(50)42-4)46-36(48)31-15-28-19-47(31)37(49)35(24-10-7-8-11-24)45-39(51)54-22-40(2,3)13-9-12-25-14-29-30(16-32(25)52-5)44-34(17-33(29)55-28)53-20-27-21-56-23-43-27/h6,14,16-17,21,23-24,26,28,31,35H,1,7-13,15,18-20,22H2,2-5H3,(H,42,50)(H,45,51)(H,46,48)/t26?,28-,31+,35+,41?/m1/s1. The van der Waals surface area contributed by atoms with Crippen molar-refractivity contribution in [2.75, 3.05) is 27.3 Å². The van der Waals surface area contributed by atoms with Crippen LogP contribution in [0, 0.1) is 17.3 Å². The maximum Gasteiger partial charge on any atom is 0.407 e. The lowest BCUT2D eigenvalue weighted by molar-refractivity contribution is -0.142. The van der Waals surface area contributed by atoms with Crippen LogP contribution < -0.4 is 30.2 Å². The zero-order chi connectivity index (χ0) is 39.6. The summed E-state index contributed by atoms with van der Waals surface area (Å²) in [6, 6.07) is 3.74. The highest BCUT2D eigenvalue weighted by atomic mass is 32.1. The summed E-state index contributed by atoms with van der Waals surface area (Å²) in [5.74, 6) is -0.0924. The van der Waals surface area contributed by atoms with Crippen LogP contribution >= 0.6 is 11.3 Å². The molecule has 300 valence electrons. The second-order valence-corrected chi connectivity index (χ2v) is 17.0. The van der Waals surface area contributed by atoms with Crippen LogP contribution in [0.25, 0.3) is 10.9 Å². The molecule has 2 saturated carbocycles. The highest BCUT2D eigenvalue weighted by Crippen LogP contribution is 2.45. The van der Waals surface area contributed by atoms with Crippen LogP contribution in [-0.2, 0) is 32.1 Å². The van der Waals surface area contributed by atoms with Crippen molar-refractivity contribution in [1.82, 2.24) is 30.8 Å². The van der Waals surface area contributed by atoms with E-state index in [9.17, 15) is 19.2 Å². The van der Waals surface area contributed by atoms with Gasteiger partial charge in [-0.25, -0.2) is 14.8 Å². The first-order chi connectivity index (χ1) is 26.9. The quantitative estimate of drug-likeness (QED) is 0.249. The van der Waals surface area contributed by atoms with Gasteiger partial charge in [-0.05, 0) is 61.5 Å². The van der Waals surface area contributed by atoms with E-state index in [0.29, 0.717) is 35.7 Å². The zero-order valence-corrected chi connectivity index (χ0v) is 33.4. The molecule has 4 aliphatic rings. The Kier molecular flexibility index (Phi) is 11.4. The van der Waals surface area contributed by atoms with Crippen LogP contribution in [0.15, 0.2) is 41.7 Å². The van der Waals surface area contributed by atoms with Crippen LogP contribution in [0.1, 0.15) is 76.5 Å². The molecule has 2 aliphatic heterocycles. The maximum absolute atomic E-state index is 14.8. The number of methoxy groups -OCH3 is 1. The number of aromatic nitrogens is 2. The number of rotatable bonds is 9. The van der Waals surface area contributed by atoms with Crippen molar-refractivity contribution in [2.24, 2.45) is 17.3 Å². The van der Waals surface area contributed by atoms with Crippen molar-refractivity contribution >= 4 is 46.1 Å². The van der Waals surface area contributed by atoms with E-state index in [4.69, 9.17) is 23.9 Å². The molecule has 0 radical (unpaired) electrons. The molecule has 2 aliphatic carbocycles. The number of nitrogens with one attached hydrogen (secondary N) is 3. The Bertz CT molecular complexity index is 1970. The minimum atomic E-state index is -1.16. The molecule has 7 rings (SSSR count). The van der Waals surface area contributed by atoms with Crippen LogP contribution in [0.2, 0.25) is 0 Å². The number of hydrogen-bond acceptors (Lipinski definition) is 11. The zero-order valence-electron chi connectivity index (χ0n) is 32.6. The first-order valence-electron chi connectivity index (χ1n) is 19.5. The topological polar surface area (TPSA) is 170 Å². The molecule has 14 nitrogen and oxygen atoms in total. The fraction of sp³-hybridized carbons (Fsp3) is 0.561. The van der Waals surface area contributed by atoms with Crippen LogP contribution in [-0.4, -0.2) is 89.7 Å². The molecular weight excluding hydrogens is 737 g/mol. The van der Waals surface area contributed by atoms with Crippen molar-refractivity contribution in [1.29, 1.82) is 0 Å². The Balaban J connectivity index is 1.28. The van der Waals surface area contributed by atoms with E-state index in [0.717, 1.165) is 55.2 Å². The van der Waals surface area contributed by atoms with Crippen molar-refractivity contribution in [3.63, 3.8) is 0 Å². The van der Waals surface area contributed by atoms with Gasteiger partial charge in [0.15, 0.2) is 0 Å². The first-order valence-corrected chi connectivity index (χ1v) is 20.5. The molecule has 2 aromatic heterocycles. The van der Waals surface area contributed by atoms with Crippen molar-refractivity contribution in [2.45, 2.75) is 102 Å². The third-order valence-corrected chi connectivity index (χ3v) is 12.4. The van der Waals surface area contributed by atoms with Gasteiger partial charge in [0.1, 0.15) is 41.8 Å². The predicted octanol–water partition coefficient (Wildman–Crippen LogP) is 5.08. The summed E-state index contributed by atoms with van der Waals surface area (Å²) in [4.78, 5) is 66.3. The fourth-order valence-electron chi connectivity index (χ4n) is 8.48. The first kappa shape index (κ1) is 39.3. The highest BCUT2D eigenvalue weighted by molar-refractivity contribution is 7.07. The Morgan fingerprint density at radius 2 is 1.98 bits per heavy atom. The number of ether oxygens (including phenoxy) is 4. The molecule has 2 unspecified atom stereocenters. The van der Waals surface area contributed by atoms with Gasteiger partial charge in [0.2, 0.25) is 23.6 Å². The summed E-state index contributed by atoms with van der Waals surface area (Å²) < 4.78 is 24.6. The molecule has 15 heteroatoms. The molecule has 3 N–H and O–H groups in total. The van der Waals surface area contributed by atoms with Gasteiger partial charge in [0, 0.05) is 42.3 Å². The lowest BCUT2D eigenvalue weighted by Gasteiger charge is -2.32. The number of pyridine rings is 1. The second kappa shape index (κ2) is 16.3. The highest BCUT2D eigenvalue weighted by Gasteiger charge is 2.60. The van der Waals surface area contributed by atoms with E-state index in [2.05, 4.69) is 41.4 Å². The number of amides is 4. The molecule has 0 spiro atoms. The number of nitrogens with zero attached hydrogens (tertiary/aromatic N) is 3. The average Bonchev–Trinajstić information content (AvgIpc) is 3.68. The Morgan fingerprint density at radius 1 is 1.18 bits per heavy atom. The Morgan fingerprint density at radius 3 is 2.68 bits per heavy atom. The Labute approximate surface area is 331 Å². The molecule has 4 heterocycles. The summed E-state index contributed by atoms with van der Waals surface area (Å²) >= 11 is 1.47. The van der Waals surface area contributed by atoms with E-state index < -0.39 is 35.7 Å². The van der Waals surface area contributed by atoms with Crippen molar-refractivity contribution in [3.05, 3.63) is 53.0 Å². The van der Waals surface area contributed by atoms with Crippen molar-refractivity contribution in [3.8, 4) is 17.4 Å². The van der Waals surface area contributed by atoms with E-state index in [-0.39, 0.29) is 55.2 Å². The molecular formula is C41H52N6O8S. The van der Waals surface area contributed by atoms with E-state index in [1.807, 2.05) is 17.5 Å². The predicted molar refractivity (Wildman–Crippen MR) is 209 cm³/mol.